The zero-order chi connectivity index (χ0) is 12.7. The van der Waals surface area contributed by atoms with Crippen LogP contribution in [-0.2, 0) is 6.54 Å². The highest BCUT2D eigenvalue weighted by atomic mass is 35.5. The van der Waals surface area contributed by atoms with E-state index in [4.69, 9.17) is 11.6 Å². The van der Waals surface area contributed by atoms with Crippen LogP contribution in [0.25, 0.3) is 0 Å². The first-order valence-corrected chi connectivity index (χ1v) is 6.44. The number of benzene rings is 1. The molecule has 0 saturated carbocycles. The minimum absolute atomic E-state index is 0.343. The van der Waals surface area contributed by atoms with Crippen LogP contribution in [0, 0.1) is 0 Å². The van der Waals surface area contributed by atoms with E-state index in [0.717, 1.165) is 24.2 Å². The van der Waals surface area contributed by atoms with E-state index in [2.05, 4.69) is 5.32 Å². The molecule has 4 heteroatoms. The quantitative estimate of drug-likeness (QED) is 0.653. The van der Waals surface area contributed by atoms with E-state index in [1.54, 1.807) is 0 Å². The molecule has 1 rings (SSSR count). The van der Waals surface area contributed by atoms with Crippen molar-refractivity contribution in [1.82, 2.24) is 5.32 Å². The molecule has 0 radical (unpaired) electrons. The molecule has 0 amide bonds. The fraction of sp³-hybridized carbons (Fsp3) is 0.538. The van der Waals surface area contributed by atoms with Gasteiger partial charge in [0.25, 0.3) is 0 Å². The number of hydrogen-bond acceptors (Lipinski definition) is 3. The third-order valence-corrected chi connectivity index (χ3v) is 2.86. The molecule has 0 fully saturated rings. The maximum Gasteiger partial charge on any atom is 0.105 e. The van der Waals surface area contributed by atoms with Crippen LogP contribution in [0.4, 0.5) is 0 Å². The van der Waals surface area contributed by atoms with E-state index in [-0.39, 0.29) is 0 Å². The smallest absolute Gasteiger partial charge is 0.105 e. The first kappa shape index (κ1) is 14.5. The van der Waals surface area contributed by atoms with Gasteiger partial charge in [-0.25, -0.2) is 0 Å². The highest BCUT2D eigenvalue weighted by Crippen LogP contribution is 2.20. The lowest BCUT2D eigenvalue weighted by atomic mass is 10.0. The lowest BCUT2D eigenvalue weighted by molar-refractivity contribution is 0.0169. The molecule has 17 heavy (non-hydrogen) atoms. The second-order valence-electron chi connectivity index (χ2n) is 4.02. The molecule has 0 saturated heterocycles. The summed E-state index contributed by atoms with van der Waals surface area (Å²) in [4.78, 5) is 0. The SMILES string of the molecule is CCNCc1cccc(C(O)C(O)CCCl)c1. The van der Waals surface area contributed by atoms with E-state index < -0.39 is 12.2 Å². The molecule has 0 aliphatic carbocycles. The number of aliphatic hydroxyl groups is 2. The summed E-state index contributed by atoms with van der Waals surface area (Å²) in [6, 6.07) is 7.60. The minimum Gasteiger partial charge on any atom is -0.390 e. The molecule has 0 aliphatic heterocycles. The second-order valence-corrected chi connectivity index (χ2v) is 4.39. The number of rotatable bonds is 7. The molecular weight excluding hydrogens is 238 g/mol. The number of nitrogens with one attached hydrogen (secondary N) is 1. The Hall–Kier alpha value is -0.610. The van der Waals surface area contributed by atoms with Crippen molar-refractivity contribution in [2.24, 2.45) is 0 Å². The molecule has 0 bridgehead atoms. The Kier molecular flexibility index (Phi) is 6.52. The second kappa shape index (κ2) is 7.67. The number of hydrogen-bond donors (Lipinski definition) is 3. The zero-order valence-corrected chi connectivity index (χ0v) is 10.8. The van der Waals surface area contributed by atoms with Gasteiger partial charge in [0.2, 0.25) is 0 Å². The van der Waals surface area contributed by atoms with Gasteiger partial charge in [0, 0.05) is 12.4 Å². The maximum absolute atomic E-state index is 9.94. The van der Waals surface area contributed by atoms with Crippen molar-refractivity contribution in [2.45, 2.75) is 32.1 Å². The van der Waals surface area contributed by atoms with Gasteiger partial charge in [0.05, 0.1) is 6.10 Å². The van der Waals surface area contributed by atoms with Gasteiger partial charge in [-0.2, -0.15) is 0 Å². The summed E-state index contributed by atoms with van der Waals surface area (Å²) in [6.45, 7) is 3.72. The molecule has 0 aromatic heterocycles. The van der Waals surface area contributed by atoms with Gasteiger partial charge in [-0.3, -0.25) is 0 Å². The average molecular weight is 258 g/mol. The van der Waals surface area contributed by atoms with Gasteiger partial charge in [0.15, 0.2) is 0 Å². The monoisotopic (exact) mass is 257 g/mol. The lowest BCUT2D eigenvalue weighted by Gasteiger charge is -2.18. The van der Waals surface area contributed by atoms with Crippen LogP contribution in [0.3, 0.4) is 0 Å². The standard InChI is InChI=1S/C13H20ClNO2/c1-2-15-9-10-4-3-5-11(8-10)13(17)12(16)6-7-14/h3-5,8,12-13,15-17H,2,6-7,9H2,1H3. The topological polar surface area (TPSA) is 52.5 Å². The minimum atomic E-state index is -0.865. The van der Waals surface area contributed by atoms with Gasteiger partial charge in [-0.05, 0) is 24.1 Å². The van der Waals surface area contributed by atoms with Gasteiger partial charge >= 0.3 is 0 Å². The lowest BCUT2D eigenvalue weighted by Crippen LogP contribution is -2.19. The van der Waals surface area contributed by atoms with Crippen LogP contribution in [0.5, 0.6) is 0 Å². The van der Waals surface area contributed by atoms with Crippen LogP contribution >= 0.6 is 11.6 Å². The van der Waals surface area contributed by atoms with Crippen molar-refractivity contribution in [3.63, 3.8) is 0 Å². The molecule has 3 N–H and O–H groups in total. The van der Waals surface area contributed by atoms with E-state index in [1.807, 2.05) is 31.2 Å². The Morgan fingerprint density at radius 3 is 2.76 bits per heavy atom. The number of alkyl halides is 1. The van der Waals surface area contributed by atoms with Crippen LogP contribution in [0.1, 0.15) is 30.6 Å². The normalized spacial score (nSPS) is 14.6. The fourth-order valence-electron chi connectivity index (χ4n) is 1.65. The number of halogens is 1. The third-order valence-electron chi connectivity index (χ3n) is 2.64. The molecule has 2 unspecified atom stereocenters. The summed E-state index contributed by atoms with van der Waals surface area (Å²) in [7, 11) is 0. The van der Waals surface area contributed by atoms with E-state index >= 15 is 0 Å². The maximum atomic E-state index is 9.94. The van der Waals surface area contributed by atoms with Crippen molar-refractivity contribution in [3.8, 4) is 0 Å². The fourth-order valence-corrected chi connectivity index (χ4v) is 1.87. The summed E-state index contributed by atoms with van der Waals surface area (Å²) < 4.78 is 0. The van der Waals surface area contributed by atoms with Gasteiger partial charge < -0.3 is 15.5 Å². The van der Waals surface area contributed by atoms with Crippen LogP contribution < -0.4 is 5.32 Å². The Balaban J connectivity index is 2.69. The molecule has 0 aliphatic rings. The highest BCUT2D eigenvalue weighted by molar-refractivity contribution is 6.17. The molecule has 2 atom stereocenters. The van der Waals surface area contributed by atoms with Crippen molar-refractivity contribution in [1.29, 1.82) is 0 Å². The van der Waals surface area contributed by atoms with Crippen molar-refractivity contribution in [3.05, 3.63) is 35.4 Å². The first-order valence-electron chi connectivity index (χ1n) is 5.90. The summed E-state index contributed by atoms with van der Waals surface area (Å²) in [5.74, 6) is 0.343. The Morgan fingerprint density at radius 1 is 1.35 bits per heavy atom. The Labute approximate surface area is 107 Å². The van der Waals surface area contributed by atoms with Crippen LogP contribution in [0.2, 0.25) is 0 Å². The highest BCUT2D eigenvalue weighted by Gasteiger charge is 2.17. The summed E-state index contributed by atoms with van der Waals surface area (Å²) in [5.41, 5.74) is 1.83. The summed E-state index contributed by atoms with van der Waals surface area (Å²) in [6.07, 6.45) is -1.28. The zero-order valence-electron chi connectivity index (χ0n) is 10.1. The van der Waals surface area contributed by atoms with E-state index in [9.17, 15) is 10.2 Å². The van der Waals surface area contributed by atoms with Gasteiger partial charge in [-0.15, -0.1) is 11.6 Å². The van der Waals surface area contributed by atoms with Crippen LogP contribution in [-0.4, -0.2) is 28.7 Å². The predicted octanol–water partition coefficient (Wildman–Crippen LogP) is 1.82. The molecule has 3 nitrogen and oxygen atoms in total. The molecule has 0 heterocycles. The van der Waals surface area contributed by atoms with Gasteiger partial charge in [-0.1, -0.05) is 31.2 Å². The van der Waals surface area contributed by atoms with Crippen LogP contribution in [0.15, 0.2) is 24.3 Å². The Morgan fingerprint density at radius 2 is 2.12 bits per heavy atom. The summed E-state index contributed by atoms with van der Waals surface area (Å²) >= 11 is 5.55. The molecule has 1 aromatic rings. The third kappa shape index (κ3) is 4.64. The molecule has 0 spiro atoms. The van der Waals surface area contributed by atoms with E-state index in [0.29, 0.717) is 12.3 Å². The van der Waals surface area contributed by atoms with Crippen molar-refractivity contribution < 1.29 is 10.2 Å². The predicted molar refractivity (Wildman–Crippen MR) is 70.1 cm³/mol. The average Bonchev–Trinajstić information content (AvgIpc) is 2.36. The molecule has 1 aromatic carbocycles. The van der Waals surface area contributed by atoms with Crippen molar-refractivity contribution >= 4 is 11.6 Å². The number of aliphatic hydroxyl groups excluding tert-OH is 2. The molecular formula is C13H20ClNO2. The molecule has 96 valence electrons. The summed E-state index contributed by atoms with van der Waals surface area (Å²) in [5, 5.41) is 22.8. The van der Waals surface area contributed by atoms with Crippen molar-refractivity contribution in [2.75, 3.05) is 12.4 Å². The Bertz CT molecular complexity index is 333. The largest absolute Gasteiger partial charge is 0.390 e. The first-order chi connectivity index (χ1) is 8.19. The van der Waals surface area contributed by atoms with Gasteiger partial charge in [0.1, 0.15) is 6.10 Å². The van der Waals surface area contributed by atoms with E-state index in [1.165, 1.54) is 0 Å².